The SMILES string of the molecule is CC(=O)[C@@]12CC=C(C)C[C@@H]1c1ccccc1OC2=O. The number of carbonyl (C=O) groups excluding carboxylic acids is 2. The maximum absolute atomic E-state index is 12.4. The minimum atomic E-state index is -1.02. The molecule has 1 aliphatic heterocycles. The predicted octanol–water partition coefficient (Wildman–Crippen LogP) is 3.00. The number of hydrogen-bond donors (Lipinski definition) is 0. The molecule has 0 N–H and O–H groups in total. The summed E-state index contributed by atoms with van der Waals surface area (Å²) in [6.45, 7) is 3.54. The largest absolute Gasteiger partial charge is 0.425 e. The van der Waals surface area contributed by atoms with Crippen LogP contribution in [0.25, 0.3) is 0 Å². The van der Waals surface area contributed by atoms with E-state index in [4.69, 9.17) is 4.74 Å². The number of ether oxygens (including phenoxy) is 1. The van der Waals surface area contributed by atoms with Crippen LogP contribution in [0.5, 0.6) is 5.75 Å². The first-order valence-corrected chi connectivity index (χ1v) is 6.53. The first-order valence-electron chi connectivity index (χ1n) is 6.53. The van der Waals surface area contributed by atoms with Crippen molar-refractivity contribution in [3.05, 3.63) is 41.5 Å². The van der Waals surface area contributed by atoms with Crippen molar-refractivity contribution < 1.29 is 14.3 Å². The fourth-order valence-electron chi connectivity index (χ4n) is 3.24. The number of ketones is 1. The van der Waals surface area contributed by atoms with Gasteiger partial charge in [0.15, 0.2) is 0 Å². The summed E-state index contributed by atoms with van der Waals surface area (Å²) in [5, 5.41) is 0. The number of carbonyl (C=O) groups is 2. The molecule has 0 aromatic heterocycles. The lowest BCUT2D eigenvalue weighted by atomic mass is 9.61. The van der Waals surface area contributed by atoms with Crippen molar-refractivity contribution in [2.45, 2.75) is 32.6 Å². The summed E-state index contributed by atoms with van der Waals surface area (Å²) in [5.41, 5.74) is 1.18. The zero-order valence-electron chi connectivity index (χ0n) is 11.1. The lowest BCUT2D eigenvalue weighted by Crippen LogP contribution is -2.49. The number of benzene rings is 1. The maximum atomic E-state index is 12.4. The van der Waals surface area contributed by atoms with E-state index in [9.17, 15) is 9.59 Å². The molecule has 1 heterocycles. The van der Waals surface area contributed by atoms with Gasteiger partial charge in [-0.25, -0.2) is 0 Å². The van der Waals surface area contributed by atoms with Gasteiger partial charge in [0.1, 0.15) is 16.9 Å². The highest BCUT2D eigenvalue weighted by Gasteiger charge is 2.55. The first kappa shape index (κ1) is 12.2. The van der Waals surface area contributed by atoms with Gasteiger partial charge in [0, 0.05) is 5.92 Å². The molecule has 0 radical (unpaired) electrons. The van der Waals surface area contributed by atoms with Crippen molar-refractivity contribution >= 4 is 11.8 Å². The first-order chi connectivity index (χ1) is 9.05. The predicted molar refractivity (Wildman–Crippen MR) is 70.9 cm³/mol. The molecule has 0 fully saturated rings. The number of Topliss-reactive ketones (excluding diaryl/α,β-unsaturated/α-hetero) is 1. The van der Waals surface area contributed by atoms with Crippen LogP contribution in [-0.4, -0.2) is 11.8 Å². The minimum absolute atomic E-state index is 0.0903. The van der Waals surface area contributed by atoms with Crippen molar-refractivity contribution in [2.75, 3.05) is 0 Å². The highest BCUT2D eigenvalue weighted by molar-refractivity contribution is 6.06. The Balaban J connectivity index is 2.22. The van der Waals surface area contributed by atoms with Gasteiger partial charge in [-0.1, -0.05) is 29.8 Å². The number of esters is 1. The van der Waals surface area contributed by atoms with Gasteiger partial charge < -0.3 is 4.74 Å². The van der Waals surface area contributed by atoms with Gasteiger partial charge in [0.2, 0.25) is 0 Å². The third-order valence-corrected chi connectivity index (χ3v) is 4.38. The van der Waals surface area contributed by atoms with E-state index in [0.29, 0.717) is 12.2 Å². The Bertz CT molecular complexity index is 600. The van der Waals surface area contributed by atoms with E-state index in [-0.39, 0.29) is 11.7 Å². The van der Waals surface area contributed by atoms with Crippen LogP contribution in [0.3, 0.4) is 0 Å². The summed E-state index contributed by atoms with van der Waals surface area (Å²) in [6, 6.07) is 7.53. The smallest absolute Gasteiger partial charge is 0.325 e. The molecule has 0 bridgehead atoms. The molecule has 0 spiro atoms. The quantitative estimate of drug-likeness (QED) is 0.336. The van der Waals surface area contributed by atoms with E-state index in [1.807, 2.05) is 31.2 Å². The van der Waals surface area contributed by atoms with Gasteiger partial charge >= 0.3 is 5.97 Å². The van der Waals surface area contributed by atoms with Crippen LogP contribution in [0.1, 0.15) is 38.2 Å². The standard InChI is InChI=1S/C16H16O3/c1-10-7-8-16(11(2)17)13(9-10)12-5-3-4-6-14(12)19-15(16)18/h3-7,13H,8-9H2,1-2H3/t13-,16+/m1/s1. The van der Waals surface area contributed by atoms with Gasteiger partial charge in [-0.3, -0.25) is 9.59 Å². The second-order valence-electron chi connectivity index (χ2n) is 5.47. The highest BCUT2D eigenvalue weighted by atomic mass is 16.5. The van der Waals surface area contributed by atoms with Crippen molar-refractivity contribution in [2.24, 2.45) is 5.41 Å². The molecule has 0 saturated carbocycles. The van der Waals surface area contributed by atoms with Crippen molar-refractivity contribution in [3.8, 4) is 5.75 Å². The molecule has 2 aliphatic rings. The van der Waals surface area contributed by atoms with Crippen molar-refractivity contribution in [3.63, 3.8) is 0 Å². The Morgan fingerprint density at radius 3 is 2.84 bits per heavy atom. The Morgan fingerprint density at radius 1 is 1.37 bits per heavy atom. The lowest BCUT2D eigenvalue weighted by Gasteiger charge is -2.43. The zero-order chi connectivity index (χ0) is 13.6. The summed E-state index contributed by atoms with van der Waals surface area (Å²) in [6.07, 6.45) is 3.19. The van der Waals surface area contributed by atoms with E-state index < -0.39 is 11.4 Å². The van der Waals surface area contributed by atoms with Crippen LogP contribution in [0.4, 0.5) is 0 Å². The fourth-order valence-corrected chi connectivity index (χ4v) is 3.24. The van der Waals surface area contributed by atoms with Crippen molar-refractivity contribution in [1.29, 1.82) is 0 Å². The second kappa shape index (κ2) is 4.05. The molecular formula is C16H16O3. The summed E-state index contributed by atoms with van der Waals surface area (Å²) < 4.78 is 5.41. The molecule has 1 aromatic carbocycles. The maximum Gasteiger partial charge on any atom is 0.325 e. The molecule has 1 aromatic rings. The van der Waals surface area contributed by atoms with E-state index in [0.717, 1.165) is 12.0 Å². The molecule has 3 rings (SSSR count). The topological polar surface area (TPSA) is 43.4 Å². The Kier molecular flexibility index (Phi) is 2.59. The molecule has 98 valence electrons. The van der Waals surface area contributed by atoms with Crippen LogP contribution in [-0.2, 0) is 9.59 Å². The molecule has 3 nitrogen and oxygen atoms in total. The van der Waals surface area contributed by atoms with Crippen molar-refractivity contribution in [1.82, 2.24) is 0 Å². The van der Waals surface area contributed by atoms with Gasteiger partial charge in [0.05, 0.1) is 0 Å². The van der Waals surface area contributed by atoms with Crippen LogP contribution in [0, 0.1) is 5.41 Å². The van der Waals surface area contributed by atoms with Gasteiger partial charge in [-0.15, -0.1) is 0 Å². The lowest BCUT2D eigenvalue weighted by molar-refractivity contribution is -0.155. The average Bonchev–Trinajstić information content (AvgIpc) is 2.38. The summed E-state index contributed by atoms with van der Waals surface area (Å²) in [7, 11) is 0. The van der Waals surface area contributed by atoms with Crippen LogP contribution >= 0.6 is 0 Å². The molecule has 3 heteroatoms. The van der Waals surface area contributed by atoms with E-state index in [1.54, 1.807) is 6.07 Å². The molecule has 2 atom stereocenters. The summed E-state index contributed by atoms with van der Waals surface area (Å²) >= 11 is 0. The third-order valence-electron chi connectivity index (χ3n) is 4.38. The molecule has 1 aliphatic carbocycles. The summed E-state index contributed by atoms with van der Waals surface area (Å²) in [4.78, 5) is 24.5. The Morgan fingerprint density at radius 2 is 2.11 bits per heavy atom. The molecule has 0 unspecified atom stereocenters. The number of para-hydroxylation sites is 1. The van der Waals surface area contributed by atoms with Crippen LogP contribution in [0.2, 0.25) is 0 Å². The Labute approximate surface area is 112 Å². The number of allylic oxidation sites excluding steroid dienone is 2. The summed E-state index contributed by atoms with van der Waals surface area (Å²) in [5.74, 6) is 0.0183. The molecule has 19 heavy (non-hydrogen) atoms. The van der Waals surface area contributed by atoms with E-state index in [1.165, 1.54) is 12.5 Å². The second-order valence-corrected chi connectivity index (χ2v) is 5.47. The minimum Gasteiger partial charge on any atom is -0.425 e. The third kappa shape index (κ3) is 1.57. The zero-order valence-corrected chi connectivity index (χ0v) is 11.1. The number of fused-ring (bicyclic) bond motifs is 3. The van der Waals surface area contributed by atoms with Gasteiger partial charge in [-0.2, -0.15) is 0 Å². The Hall–Kier alpha value is -1.90. The van der Waals surface area contributed by atoms with Crippen LogP contribution in [0.15, 0.2) is 35.9 Å². The van der Waals surface area contributed by atoms with Crippen LogP contribution < -0.4 is 4.74 Å². The molecule has 0 saturated heterocycles. The van der Waals surface area contributed by atoms with E-state index >= 15 is 0 Å². The van der Waals surface area contributed by atoms with Gasteiger partial charge in [-0.05, 0) is 38.3 Å². The normalized spacial score (nSPS) is 28.8. The van der Waals surface area contributed by atoms with E-state index in [2.05, 4.69) is 0 Å². The fraction of sp³-hybridized carbons (Fsp3) is 0.375. The molecular weight excluding hydrogens is 240 g/mol. The molecule has 0 amide bonds. The number of rotatable bonds is 1. The monoisotopic (exact) mass is 256 g/mol. The number of hydrogen-bond acceptors (Lipinski definition) is 3. The average molecular weight is 256 g/mol. The highest BCUT2D eigenvalue weighted by Crippen LogP contribution is 2.53. The van der Waals surface area contributed by atoms with Gasteiger partial charge in [0.25, 0.3) is 0 Å².